The molecule has 1 unspecified atom stereocenters. The zero-order valence-electron chi connectivity index (χ0n) is 8.45. The summed E-state index contributed by atoms with van der Waals surface area (Å²) in [5.74, 6) is 0.0393. The number of pyridine rings is 1. The molecule has 0 saturated carbocycles. The predicted molar refractivity (Wildman–Crippen MR) is 72.7 cm³/mol. The lowest BCUT2D eigenvalue weighted by atomic mass is 10.1. The van der Waals surface area contributed by atoms with Crippen LogP contribution in [0.3, 0.4) is 0 Å². The smallest absolute Gasteiger partial charge is 0.250 e. The lowest BCUT2D eigenvalue weighted by molar-refractivity contribution is -0.127. The number of nitrogens with zero attached hydrogens (tertiary/aromatic N) is 2. The van der Waals surface area contributed by atoms with E-state index in [1.165, 1.54) is 0 Å². The van der Waals surface area contributed by atoms with Gasteiger partial charge in [-0.1, -0.05) is 31.9 Å². The molecule has 0 aromatic carbocycles. The minimum atomic E-state index is -0.637. The molecular formula is C10H9Br3N2O. The molecule has 1 aromatic rings. The second kappa shape index (κ2) is 4.38. The largest absolute Gasteiger partial charge is 0.337 e. The maximum absolute atomic E-state index is 11.9. The molecule has 2 rings (SSSR count). The monoisotopic (exact) mass is 410 g/mol. The van der Waals surface area contributed by atoms with E-state index in [9.17, 15) is 4.79 Å². The Labute approximate surface area is 119 Å². The molecule has 16 heavy (non-hydrogen) atoms. The first-order valence-electron chi connectivity index (χ1n) is 4.67. The van der Waals surface area contributed by atoms with Crippen LogP contribution in [0.25, 0.3) is 0 Å². The van der Waals surface area contributed by atoms with Gasteiger partial charge in [-0.05, 0) is 27.6 Å². The molecule has 2 heterocycles. The molecule has 0 N–H and O–H groups in total. The van der Waals surface area contributed by atoms with E-state index in [2.05, 4.69) is 52.8 Å². The van der Waals surface area contributed by atoms with Gasteiger partial charge in [0.15, 0.2) is 3.23 Å². The summed E-state index contributed by atoms with van der Waals surface area (Å²) >= 11 is 10.2. The molecule has 1 fully saturated rings. The van der Waals surface area contributed by atoms with Gasteiger partial charge in [-0.15, -0.1) is 0 Å². The van der Waals surface area contributed by atoms with Crippen molar-refractivity contribution in [3.05, 3.63) is 28.5 Å². The number of likely N-dealkylation sites (tertiary alicyclic amines) is 1. The maximum Gasteiger partial charge on any atom is 0.250 e. The number of hydrogen-bond donors (Lipinski definition) is 0. The van der Waals surface area contributed by atoms with Crippen LogP contribution in [0.4, 0.5) is 0 Å². The quantitative estimate of drug-likeness (QED) is 0.663. The molecule has 0 spiro atoms. The Kier molecular flexibility index (Phi) is 3.43. The number of halogens is 3. The van der Waals surface area contributed by atoms with Gasteiger partial charge in [-0.3, -0.25) is 9.78 Å². The first kappa shape index (κ1) is 12.5. The number of carbonyl (C=O) groups is 1. The Bertz CT molecular complexity index is 436. The van der Waals surface area contributed by atoms with E-state index in [1.54, 1.807) is 24.3 Å². The maximum atomic E-state index is 11.9. The van der Waals surface area contributed by atoms with E-state index in [-0.39, 0.29) is 11.9 Å². The predicted octanol–water partition coefficient (Wildman–Crippen LogP) is 3.23. The van der Waals surface area contributed by atoms with Crippen LogP contribution in [0.15, 0.2) is 22.9 Å². The number of alkyl halides is 2. The molecule has 1 amide bonds. The molecule has 3 nitrogen and oxygen atoms in total. The summed E-state index contributed by atoms with van der Waals surface area (Å²) in [6.07, 6.45) is 4.21. The topological polar surface area (TPSA) is 33.2 Å². The van der Waals surface area contributed by atoms with Crippen molar-refractivity contribution in [1.29, 1.82) is 0 Å². The number of aromatic nitrogens is 1. The van der Waals surface area contributed by atoms with Gasteiger partial charge in [-0.2, -0.15) is 0 Å². The van der Waals surface area contributed by atoms with Gasteiger partial charge < -0.3 is 4.90 Å². The average Bonchev–Trinajstić information content (AvgIpc) is 2.42. The third kappa shape index (κ3) is 2.19. The Morgan fingerprint density at radius 2 is 2.19 bits per heavy atom. The summed E-state index contributed by atoms with van der Waals surface area (Å²) in [6, 6.07) is 2.04. The lowest BCUT2D eigenvalue weighted by Gasteiger charge is -2.19. The molecule has 1 saturated heterocycles. The second-order valence-electron chi connectivity index (χ2n) is 3.78. The highest BCUT2D eigenvalue weighted by Gasteiger charge is 2.47. The zero-order chi connectivity index (χ0) is 11.9. The van der Waals surface area contributed by atoms with Crippen LogP contribution in [0.2, 0.25) is 0 Å². The summed E-state index contributed by atoms with van der Waals surface area (Å²) in [6.45, 7) is 0. The van der Waals surface area contributed by atoms with Crippen LogP contribution in [-0.2, 0) is 4.79 Å². The molecule has 1 aliphatic rings. The third-order valence-corrected chi connectivity index (χ3v) is 4.42. The van der Waals surface area contributed by atoms with Gasteiger partial charge in [0.2, 0.25) is 0 Å². The minimum absolute atomic E-state index is 0.0393. The highest BCUT2D eigenvalue weighted by atomic mass is 79.9. The zero-order valence-corrected chi connectivity index (χ0v) is 13.2. The van der Waals surface area contributed by atoms with Crippen LogP contribution in [0.1, 0.15) is 18.0 Å². The van der Waals surface area contributed by atoms with Crippen molar-refractivity contribution in [3.63, 3.8) is 0 Å². The summed E-state index contributed by atoms with van der Waals surface area (Å²) in [5, 5.41) is 0. The lowest BCUT2D eigenvalue weighted by Crippen LogP contribution is -2.28. The molecule has 1 aliphatic heterocycles. The van der Waals surface area contributed by atoms with Crippen molar-refractivity contribution in [1.82, 2.24) is 9.88 Å². The number of amides is 1. The molecule has 6 heteroatoms. The first-order valence-corrected chi connectivity index (χ1v) is 7.05. The Morgan fingerprint density at radius 3 is 2.69 bits per heavy atom. The second-order valence-corrected chi connectivity index (χ2v) is 8.46. The van der Waals surface area contributed by atoms with Crippen LogP contribution in [-0.4, -0.2) is 26.1 Å². The van der Waals surface area contributed by atoms with E-state index < -0.39 is 3.23 Å². The van der Waals surface area contributed by atoms with Crippen molar-refractivity contribution in [2.45, 2.75) is 15.7 Å². The third-order valence-electron chi connectivity index (χ3n) is 2.66. The van der Waals surface area contributed by atoms with Gasteiger partial charge in [-0.25, -0.2) is 0 Å². The van der Waals surface area contributed by atoms with E-state index in [0.717, 1.165) is 10.0 Å². The van der Waals surface area contributed by atoms with Gasteiger partial charge >= 0.3 is 0 Å². The summed E-state index contributed by atoms with van der Waals surface area (Å²) in [4.78, 5) is 17.7. The van der Waals surface area contributed by atoms with Crippen molar-refractivity contribution in [3.8, 4) is 0 Å². The van der Waals surface area contributed by atoms with Gasteiger partial charge in [0.05, 0.1) is 6.04 Å². The Hall–Kier alpha value is 0.0600. The van der Waals surface area contributed by atoms with E-state index >= 15 is 0 Å². The van der Waals surface area contributed by atoms with Crippen LogP contribution >= 0.6 is 47.8 Å². The van der Waals surface area contributed by atoms with E-state index in [4.69, 9.17) is 0 Å². The number of hydrogen-bond acceptors (Lipinski definition) is 2. The van der Waals surface area contributed by atoms with Crippen molar-refractivity contribution < 1.29 is 4.79 Å². The highest BCUT2D eigenvalue weighted by molar-refractivity contribution is 9.25. The highest BCUT2D eigenvalue weighted by Crippen LogP contribution is 2.46. The molecule has 86 valence electrons. The molecule has 0 bridgehead atoms. The molecule has 1 aromatic heterocycles. The molecular weight excluding hydrogens is 404 g/mol. The summed E-state index contributed by atoms with van der Waals surface area (Å²) in [7, 11) is 1.80. The average molecular weight is 413 g/mol. The fourth-order valence-electron chi connectivity index (χ4n) is 1.82. The fraction of sp³-hybridized carbons (Fsp3) is 0.400. The van der Waals surface area contributed by atoms with E-state index in [0.29, 0.717) is 6.42 Å². The summed E-state index contributed by atoms with van der Waals surface area (Å²) < 4.78 is 0.286. The minimum Gasteiger partial charge on any atom is -0.337 e. The molecule has 0 aliphatic carbocycles. The molecule has 1 atom stereocenters. The van der Waals surface area contributed by atoms with Crippen LogP contribution < -0.4 is 0 Å². The first-order chi connectivity index (χ1) is 7.42. The normalized spacial score (nSPS) is 23.9. The van der Waals surface area contributed by atoms with Crippen molar-refractivity contribution in [2.75, 3.05) is 7.05 Å². The van der Waals surface area contributed by atoms with Crippen LogP contribution in [0.5, 0.6) is 0 Å². The SMILES string of the molecule is CN1C(=O)C(Br)(Br)CC1c1cncc(Br)c1. The van der Waals surface area contributed by atoms with Gasteiger partial charge in [0, 0.05) is 30.3 Å². The van der Waals surface area contributed by atoms with Gasteiger partial charge in [0.25, 0.3) is 5.91 Å². The Balaban J connectivity index is 2.34. The number of rotatable bonds is 1. The van der Waals surface area contributed by atoms with Crippen molar-refractivity contribution in [2.24, 2.45) is 0 Å². The standard InChI is InChI=1S/C10H9Br3N2O/c1-15-8(3-10(12,13)9(15)16)6-2-7(11)5-14-4-6/h2,4-5,8H,3H2,1H3. The van der Waals surface area contributed by atoms with Crippen molar-refractivity contribution >= 4 is 53.7 Å². The van der Waals surface area contributed by atoms with Gasteiger partial charge in [0.1, 0.15) is 0 Å². The fourth-order valence-corrected chi connectivity index (χ4v) is 3.37. The molecule has 0 radical (unpaired) electrons. The number of carbonyl (C=O) groups excluding carboxylic acids is 1. The summed E-state index contributed by atoms with van der Waals surface area (Å²) in [5.41, 5.74) is 1.03. The van der Waals surface area contributed by atoms with Crippen LogP contribution in [0, 0.1) is 0 Å². The Morgan fingerprint density at radius 1 is 1.50 bits per heavy atom. The van der Waals surface area contributed by atoms with E-state index in [1.807, 2.05) is 6.07 Å².